The monoisotopic (exact) mass is 270 g/mol. The molecule has 0 saturated carbocycles. The van der Waals surface area contributed by atoms with Crippen LogP contribution in [-0.4, -0.2) is 23.5 Å². The zero-order chi connectivity index (χ0) is 13.3. The molecule has 0 amide bonds. The molecule has 1 saturated heterocycles. The number of halogens is 2. The molecule has 2 unspecified atom stereocenters. The predicted octanol–water partition coefficient (Wildman–Crippen LogP) is 3.35. The Morgan fingerprint density at radius 1 is 1.44 bits per heavy atom. The van der Waals surface area contributed by atoms with Crippen molar-refractivity contribution in [1.29, 1.82) is 0 Å². The number of nitrogens with two attached hydrogens (primary N) is 1. The Kier molecular flexibility index (Phi) is 4.25. The Bertz CT molecular complexity index is 422. The minimum Gasteiger partial charge on any atom is -0.326 e. The van der Waals surface area contributed by atoms with E-state index in [0.717, 1.165) is 19.4 Å². The Morgan fingerprint density at radius 2 is 2.17 bits per heavy atom. The maximum absolute atomic E-state index is 14.1. The molecule has 2 N–H and O–H groups in total. The summed E-state index contributed by atoms with van der Waals surface area (Å²) in [5.41, 5.74) is 6.87. The first-order valence-corrected chi connectivity index (χ1v) is 6.84. The van der Waals surface area contributed by atoms with E-state index in [1.165, 1.54) is 6.07 Å². The summed E-state index contributed by atoms with van der Waals surface area (Å²) in [4.78, 5) is 2.28. The van der Waals surface area contributed by atoms with Gasteiger partial charge in [0.1, 0.15) is 5.82 Å². The summed E-state index contributed by atoms with van der Waals surface area (Å²) in [5, 5.41) is 0.428. The second-order valence-corrected chi connectivity index (χ2v) is 5.68. The highest BCUT2D eigenvalue weighted by molar-refractivity contribution is 6.30. The predicted molar refractivity (Wildman–Crippen MR) is 73.2 cm³/mol. The van der Waals surface area contributed by atoms with Gasteiger partial charge in [-0.25, -0.2) is 4.39 Å². The van der Waals surface area contributed by atoms with Gasteiger partial charge in [0.05, 0.1) is 6.04 Å². The lowest BCUT2D eigenvalue weighted by Crippen LogP contribution is -2.48. The lowest BCUT2D eigenvalue weighted by Gasteiger charge is -2.42. The van der Waals surface area contributed by atoms with Crippen LogP contribution in [0.3, 0.4) is 0 Å². The van der Waals surface area contributed by atoms with E-state index in [4.69, 9.17) is 17.3 Å². The van der Waals surface area contributed by atoms with Gasteiger partial charge in [0.2, 0.25) is 0 Å². The minimum atomic E-state index is -0.254. The van der Waals surface area contributed by atoms with Crippen molar-refractivity contribution in [3.8, 4) is 0 Å². The number of likely N-dealkylation sites (tertiary alicyclic amines) is 1. The van der Waals surface area contributed by atoms with Gasteiger partial charge >= 0.3 is 0 Å². The first kappa shape index (κ1) is 13.8. The number of nitrogens with zero attached hydrogens (tertiary/aromatic N) is 1. The van der Waals surface area contributed by atoms with E-state index >= 15 is 0 Å². The molecule has 0 aromatic heterocycles. The van der Waals surface area contributed by atoms with Crippen LogP contribution in [0.15, 0.2) is 18.2 Å². The van der Waals surface area contributed by atoms with E-state index in [-0.39, 0.29) is 17.9 Å². The first-order valence-electron chi connectivity index (χ1n) is 6.47. The smallest absolute Gasteiger partial charge is 0.129 e. The zero-order valence-corrected chi connectivity index (χ0v) is 11.6. The molecule has 2 nitrogen and oxygen atoms in total. The fourth-order valence-corrected chi connectivity index (χ4v) is 2.94. The maximum Gasteiger partial charge on any atom is 0.129 e. The maximum atomic E-state index is 14.1. The largest absolute Gasteiger partial charge is 0.326 e. The molecule has 0 bridgehead atoms. The molecule has 100 valence electrons. The Hall–Kier alpha value is -0.640. The number of benzene rings is 1. The molecule has 2 atom stereocenters. The molecule has 0 radical (unpaired) electrons. The average molecular weight is 271 g/mol. The minimum absolute atomic E-state index is 0.0168. The van der Waals surface area contributed by atoms with Gasteiger partial charge in [-0.3, -0.25) is 4.90 Å². The fourth-order valence-electron chi connectivity index (χ4n) is 2.78. The van der Waals surface area contributed by atoms with E-state index in [0.29, 0.717) is 16.6 Å². The quantitative estimate of drug-likeness (QED) is 0.893. The van der Waals surface area contributed by atoms with Crippen molar-refractivity contribution >= 4 is 11.6 Å². The van der Waals surface area contributed by atoms with Gasteiger partial charge in [0.15, 0.2) is 0 Å². The van der Waals surface area contributed by atoms with Crippen LogP contribution < -0.4 is 5.73 Å². The van der Waals surface area contributed by atoms with Crippen LogP contribution in [0.2, 0.25) is 5.02 Å². The Morgan fingerprint density at radius 3 is 2.78 bits per heavy atom. The van der Waals surface area contributed by atoms with E-state index < -0.39 is 0 Å². The molecule has 1 heterocycles. The summed E-state index contributed by atoms with van der Waals surface area (Å²) in [5.74, 6) is -0.254. The summed E-state index contributed by atoms with van der Waals surface area (Å²) in [6, 6.07) is 5.17. The Labute approximate surface area is 113 Å². The molecule has 18 heavy (non-hydrogen) atoms. The number of hydrogen-bond donors (Lipinski definition) is 1. The third-order valence-corrected chi connectivity index (χ3v) is 3.90. The first-order chi connectivity index (χ1) is 8.50. The summed E-state index contributed by atoms with van der Waals surface area (Å²) in [7, 11) is 0. The standard InChI is InChI=1S/C14H20ClFN2/c1-9(2)18-7-3-4-13(17)14(18)11-6-5-10(15)8-12(11)16/h5-6,8-9,13-14H,3-4,7,17H2,1-2H3. The van der Waals surface area contributed by atoms with Gasteiger partial charge in [-0.2, -0.15) is 0 Å². The van der Waals surface area contributed by atoms with Crippen molar-refractivity contribution < 1.29 is 4.39 Å². The molecule has 4 heteroatoms. The third kappa shape index (κ3) is 2.68. The Balaban J connectivity index is 2.37. The molecular formula is C14H20ClFN2. The van der Waals surface area contributed by atoms with Crippen LogP contribution in [0, 0.1) is 5.82 Å². The van der Waals surface area contributed by atoms with Gasteiger partial charge < -0.3 is 5.73 Å². The molecule has 1 aliphatic heterocycles. The second kappa shape index (κ2) is 5.55. The lowest BCUT2D eigenvalue weighted by molar-refractivity contribution is 0.0922. The summed E-state index contributed by atoms with van der Waals surface area (Å²) < 4.78 is 14.1. The van der Waals surface area contributed by atoms with Crippen molar-refractivity contribution in [2.24, 2.45) is 5.73 Å². The molecule has 1 fully saturated rings. The summed E-state index contributed by atoms with van der Waals surface area (Å²) in [6.45, 7) is 5.22. The SMILES string of the molecule is CC(C)N1CCCC(N)C1c1ccc(Cl)cc1F. The van der Waals surface area contributed by atoms with Gasteiger partial charge in [-0.15, -0.1) is 0 Å². The topological polar surface area (TPSA) is 29.3 Å². The number of hydrogen-bond acceptors (Lipinski definition) is 2. The van der Waals surface area contributed by atoms with Gasteiger partial charge in [-0.1, -0.05) is 17.7 Å². The third-order valence-electron chi connectivity index (χ3n) is 3.66. The highest BCUT2D eigenvalue weighted by Gasteiger charge is 2.33. The van der Waals surface area contributed by atoms with Crippen LogP contribution in [-0.2, 0) is 0 Å². The highest BCUT2D eigenvalue weighted by atomic mass is 35.5. The van der Waals surface area contributed by atoms with Crippen molar-refractivity contribution in [1.82, 2.24) is 4.90 Å². The molecular weight excluding hydrogens is 251 g/mol. The summed E-state index contributed by atoms with van der Waals surface area (Å²) in [6.07, 6.45) is 2.01. The molecule has 0 spiro atoms. The summed E-state index contributed by atoms with van der Waals surface area (Å²) >= 11 is 5.81. The molecule has 2 rings (SSSR count). The van der Waals surface area contributed by atoms with Crippen LogP contribution in [0.1, 0.15) is 38.3 Å². The van der Waals surface area contributed by atoms with Crippen LogP contribution in [0.5, 0.6) is 0 Å². The zero-order valence-electron chi connectivity index (χ0n) is 10.9. The van der Waals surface area contributed by atoms with E-state index in [1.54, 1.807) is 12.1 Å². The number of piperidine rings is 1. The molecule has 1 aromatic carbocycles. The normalized spacial score (nSPS) is 25.7. The van der Waals surface area contributed by atoms with E-state index in [2.05, 4.69) is 18.7 Å². The van der Waals surface area contributed by atoms with Crippen molar-refractivity contribution in [3.63, 3.8) is 0 Å². The van der Waals surface area contributed by atoms with Crippen LogP contribution >= 0.6 is 11.6 Å². The van der Waals surface area contributed by atoms with Crippen molar-refractivity contribution in [2.75, 3.05) is 6.54 Å². The average Bonchev–Trinajstić information content (AvgIpc) is 2.29. The van der Waals surface area contributed by atoms with E-state index in [9.17, 15) is 4.39 Å². The lowest BCUT2D eigenvalue weighted by atomic mass is 9.89. The van der Waals surface area contributed by atoms with Gasteiger partial charge in [0.25, 0.3) is 0 Å². The molecule has 1 aromatic rings. The number of rotatable bonds is 2. The second-order valence-electron chi connectivity index (χ2n) is 5.25. The van der Waals surface area contributed by atoms with Crippen molar-refractivity contribution in [3.05, 3.63) is 34.6 Å². The van der Waals surface area contributed by atoms with Crippen molar-refractivity contribution in [2.45, 2.75) is 44.8 Å². The molecule has 0 aliphatic carbocycles. The fraction of sp³-hybridized carbons (Fsp3) is 0.571. The van der Waals surface area contributed by atoms with Gasteiger partial charge in [0, 0.05) is 22.7 Å². The van der Waals surface area contributed by atoms with Crippen LogP contribution in [0.25, 0.3) is 0 Å². The molecule has 1 aliphatic rings. The van der Waals surface area contributed by atoms with Gasteiger partial charge in [-0.05, 0) is 45.4 Å². The van der Waals surface area contributed by atoms with E-state index in [1.807, 2.05) is 0 Å². The van der Waals surface area contributed by atoms with Crippen LogP contribution in [0.4, 0.5) is 4.39 Å². The highest BCUT2D eigenvalue weighted by Crippen LogP contribution is 2.33.